The van der Waals surface area contributed by atoms with Crippen LogP contribution in [0.3, 0.4) is 0 Å². The van der Waals surface area contributed by atoms with Crippen LogP contribution in [0.25, 0.3) is 0 Å². The quantitative estimate of drug-likeness (QED) is 0.714. The van der Waals surface area contributed by atoms with Crippen molar-refractivity contribution in [2.75, 3.05) is 10.6 Å². The van der Waals surface area contributed by atoms with Crippen molar-refractivity contribution in [3.05, 3.63) is 12.4 Å². The van der Waals surface area contributed by atoms with Gasteiger partial charge < -0.3 is 10.6 Å². The number of rotatable bonds is 4. The summed E-state index contributed by atoms with van der Waals surface area (Å²) in [7, 11) is 0. The molecule has 0 spiro atoms. The molecule has 8 aliphatic rings. The first-order chi connectivity index (χ1) is 15.5. The molecule has 2 N–H and O–H groups in total. The molecule has 8 bridgehead atoms. The summed E-state index contributed by atoms with van der Waals surface area (Å²) in [6.07, 6.45) is 15.6. The van der Waals surface area contributed by atoms with Gasteiger partial charge in [-0.25, -0.2) is 9.97 Å². The molecule has 0 aliphatic heterocycles. The van der Waals surface area contributed by atoms with Crippen molar-refractivity contribution in [3.63, 3.8) is 0 Å². The van der Waals surface area contributed by atoms with Crippen LogP contribution in [0.1, 0.15) is 77.0 Å². The molecule has 170 valence electrons. The van der Waals surface area contributed by atoms with Gasteiger partial charge in [0.15, 0.2) is 0 Å². The van der Waals surface area contributed by atoms with Crippen molar-refractivity contribution in [2.45, 2.75) is 77.0 Å². The van der Waals surface area contributed by atoms with E-state index in [2.05, 4.69) is 20.6 Å². The number of carbonyl (C=O) groups is 2. The molecule has 1 aromatic rings. The van der Waals surface area contributed by atoms with Gasteiger partial charge in [0.2, 0.25) is 11.8 Å². The molecule has 8 aliphatic carbocycles. The van der Waals surface area contributed by atoms with Crippen LogP contribution >= 0.6 is 0 Å². The first-order valence-corrected chi connectivity index (χ1v) is 12.9. The fourth-order valence-electron chi connectivity index (χ4n) is 9.77. The third-order valence-electron chi connectivity index (χ3n) is 10.2. The summed E-state index contributed by atoms with van der Waals surface area (Å²) < 4.78 is 0. The number of hydrogen-bond acceptors (Lipinski definition) is 4. The van der Waals surface area contributed by atoms with Crippen LogP contribution in [-0.2, 0) is 9.59 Å². The Morgan fingerprint density at radius 2 is 0.938 bits per heavy atom. The van der Waals surface area contributed by atoms with Crippen molar-refractivity contribution in [3.8, 4) is 0 Å². The molecule has 0 aromatic carbocycles. The Kier molecular flexibility index (Phi) is 4.12. The maximum atomic E-state index is 13.4. The predicted molar refractivity (Wildman–Crippen MR) is 121 cm³/mol. The van der Waals surface area contributed by atoms with Gasteiger partial charge in [0.1, 0.15) is 18.0 Å². The average Bonchev–Trinajstić information content (AvgIpc) is 2.72. The molecular weight excluding hydrogens is 400 g/mol. The molecule has 9 rings (SSSR count). The van der Waals surface area contributed by atoms with E-state index in [9.17, 15) is 9.59 Å². The molecule has 0 atom stereocenters. The van der Waals surface area contributed by atoms with Crippen LogP contribution < -0.4 is 10.6 Å². The Bertz CT molecular complexity index is 829. The van der Waals surface area contributed by atoms with Crippen LogP contribution in [-0.4, -0.2) is 21.8 Å². The molecule has 1 heterocycles. The van der Waals surface area contributed by atoms with E-state index in [1.807, 2.05) is 0 Å². The number of carbonyl (C=O) groups excluding carboxylic acids is 2. The lowest BCUT2D eigenvalue weighted by atomic mass is 9.49. The van der Waals surface area contributed by atoms with Gasteiger partial charge in [0.05, 0.1) is 10.8 Å². The summed E-state index contributed by atoms with van der Waals surface area (Å²) in [5.74, 6) is 5.67. The molecule has 32 heavy (non-hydrogen) atoms. The minimum atomic E-state index is -0.206. The zero-order valence-corrected chi connectivity index (χ0v) is 18.8. The molecular formula is C26H34N4O2. The monoisotopic (exact) mass is 434 g/mol. The van der Waals surface area contributed by atoms with E-state index in [0.29, 0.717) is 11.6 Å². The number of nitrogens with zero attached hydrogens (tertiary/aromatic N) is 2. The zero-order valence-electron chi connectivity index (χ0n) is 18.8. The van der Waals surface area contributed by atoms with Crippen LogP contribution in [0.5, 0.6) is 0 Å². The third kappa shape index (κ3) is 3.04. The van der Waals surface area contributed by atoms with Gasteiger partial charge in [-0.3, -0.25) is 9.59 Å². The number of amides is 2. The second-order valence-electron chi connectivity index (χ2n) is 12.6. The van der Waals surface area contributed by atoms with Crippen LogP contribution in [0, 0.1) is 46.3 Å². The van der Waals surface area contributed by atoms with E-state index in [0.717, 1.165) is 74.0 Å². The average molecular weight is 435 g/mol. The fraction of sp³-hybridized carbons (Fsp3) is 0.769. The highest BCUT2D eigenvalue weighted by Gasteiger charge is 2.56. The number of anilines is 2. The molecule has 2 amide bonds. The molecule has 0 saturated heterocycles. The Labute approximate surface area is 189 Å². The first kappa shape index (κ1) is 19.5. The Morgan fingerprint density at radius 3 is 1.25 bits per heavy atom. The van der Waals surface area contributed by atoms with Crippen molar-refractivity contribution >= 4 is 23.5 Å². The SMILES string of the molecule is O=C(Nc1cc(NC(=O)C23CC4CC(CC(C4)C2)C3)ncn1)C12CC3CC(CC(C3)C1)C2. The fourth-order valence-corrected chi connectivity index (χ4v) is 9.77. The largest absolute Gasteiger partial charge is 0.310 e. The van der Waals surface area contributed by atoms with Gasteiger partial charge >= 0.3 is 0 Å². The van der Waals surface area contributed by atoms with Crippen LogP contribution in [0.2, 0.25) is 0 Å². The van der Waals surface area contributed by atoms with Crippen molar-refractivity contribution in [2.24, 2.45) is 46.3 Å². The standard InChI is InChI=1S/C26H34N4O2/c31-23(25-8-15-1-16(9-25)3-17(2-15)10-25)29-21-7-22(28-14-27-21)30-24(32)26-11-18-4-19(12-26)6-20(5-18)13-26/h7,14-20H,1-6,8-13H2,(H2,27,28,29,30,31,32). The summed E-state index contributed by atoms with van der Waals surface area (Å²) >= 11 is 0. The maximum Gasteiger partial charge on any atom is 0.231 e. The van der Waals surface area contributed by atoms with E-state index in [1.165, 1.54) is 44.9 Å². The highest BCUT2D eigenvalue weighted by atomic mass is 16.2. The Hall–Kier alpha value is -1.98. The van der Waals surface area contributed by atoms with Gasteiger partial charge in [-0.1, -0.05) is 0 Å². The first-order valence-electron chi connectivity index (χ1n) is 12.9. The van der Waals surface area contributed by atoms with Crippen LogP contribution in [0.4, 0.5) is 11.6 Å². The van der Waals surface area contributed by atoms with E-state index in [4.69, 9.17) is 0 Å². The molecule has 8 saturated carbocycles. The number of aromatic nitrogens is 2. The second-order valence-corrected chi connectivity index (χ2v) is 12.6. The predicted octanol–water partition coefficient (Wildman–Crippen LogP) is 4.79. The van der Waals surface area contributed by atoms with E-state index in [1.54, 1.807) is 6.07 Å². The molecule has 8 fully saturated rings. The molecule has 0 unspecified atom stereocenters. The van der Waals surface area contributed by atoms with Gasteiger partial charge in [-0.15, -0.1) is 0 Å². The summed E-state index contributed by atoms with van der Waals surface area (Å²) in [6, 6.07) is 1.75. The highest BCUT2D eigenvalue weighted by molar-refractivity contribution is 5.97. The van der Waals surface area contributed by atoms with Gasteiger partial charge in [-0.05, 0) is 113 Å². The maximum absolute atomic E-state index is 13.4. The lowest BCUT2D eigenvalue weighted by Crippen LogP contribution is -2.52. The number of nitrogens with one attached hydrogen (secondary N) is 2. The molecule has 1 aromatic heterocycles. The second kappa shape index (κ2) is 6.77. The van der Waals surface area contributed by atoms with Gasteiger partial charge in [0.25, 0.3) is 0 Å². The zero-order chi connectivity index (χ0) is 21.5. The minimum absolute atomic E-state index is 0.133. The van der Waals surface area contributed by atoms with Gasteiger partial charge in [0, 0.05) is 6.07 Å². The van der Waals surface area contributed by atoms with Gasteiger partial charge in [-0.2, -0.15) is 0 Å². The minimum Gasteiger partial charge on any atom is -0.310 e. The lowest BCUT2D eigenvalue weighted by Gasteiger charge is -2.55. The smallest absolute Gasteiger partial charge is 0.231 e. The Balaban J connectivity index is 1.06. The van der Waals surface area contributed by atoms with E-state index in [-0.39, 0.29) is 22.6 Å². The molecule has 6 nitrogen and oxygen atoms in total. The highest BCUT2D eigenvalue weighted by Crippen LogP contribution is 2.61. The van der Waals surface area contributed by atoms with E-state index >= 15 is 0 Å². The van der Waals surface area contributed by atoms with Crippen molar-refractivity contribution in [1.29, 1.82) is 0 Å². The summed E-state index contributed by atoms with van der Waals surface area (Å²) in [5.41, 5.74) is -0.412. The molecule has 0 radical (unpaired) electrons. The molecule has 6 heteroatoms. The summed E-state index contributed by atoms with van der Waals surface area (Å²) in [4.78, 5) is 35.4. The van der Waals surface area contributed by atoms with E-state index < -0.39 is 0 Å². The van der Waals surface area contributed by atoms with Crippen LogP contribution in [0.15, 0.2) is 12.4 Å². The number of hydrogen-bond donors (Lipinski definition) is 2. The normalized spacial score (nSPS) is 45.1. The van der Waals surface area contributed by atoms with Crippen molar-refractivity contribution in [1.82, 2.24) is 9.97 Å². The third-order valence-corrected chi connectivity index (χ3v) is 10.2. The topological polar surface area (TPSA) is 84.0 Å². The van der Waals surface area contributed by atoms with Crippen molar-refractivity contribution < 1.29 is 9.59 Å². The summed E-state index contributed by atoms with van der Waals surface area (Å²) in [5, 5.41) is 6.21. The summed E-state index contributed by atoms with van der Waals surface area (Å²) in [6.45, 7) is 0. The lowest BCUT2D eigenvalue weighted by molar-refractivity contribution is -0.140. The Morgan fingerprint density at radius 1 is 0.625 bits per heavy atom.